The summed E-state index contributed by atoms with van der Waals surface area (Å²) in [5, 5.41) is 0.802. The predicted octanol–water partition coefficient (Wildman–Crippen LogP) is 4.99. The molecule has 0 radical (unpaired) electrons. The quantitative estimate of drug-likeness (QED) is 0.546. The Labute approximate surface area is 124 Å². The van der Waals surface area contributed by atoms with Crippen molar-refractivity contribution in [3.63, 3.8) is 0 Å². The van der Waals surface area contributed by atoms with Gasteiger partial charge in [0.2, 0.25) is 0 Å². The van der Waals surface area contributed by atoms with E-state index < -0.39 is 17.6 Å². The Morgan fingerprint density at radius 1 is 1.25 bits per heavy atom. The summed E-state index contributed by atoms with van der Waals surface area (Å²) in [5.41, 5.74) is -0.656. The third-order valence-electron chi connectivity index (χ3n) is 3.65. The zero-order chi connectivity index (χ0) is 14.8. The molecule has 1 nitrogen and oxygen atoms in total. The second kappa shape index (κ2) is 6.33. The highest BCUT2D eigenvalue weighted by atomic mass is 79.9. The van der Waals surface area contributed by atoms with Crippen molar-refractivity contribution >= 4 is 21.6 Å². The summed E-state index contributed by atoms with van der Waals surface area (Å²) >= 11 is 3.37. The number of halogens is 5. The normalized spacial score (nSPS) is 20.2. The van der Waals surface area contributed by atoms with E-state index >= 15 is 0 Å². The fourth-order valence-electron chi connectivity index (χ4n) is 2.66. The van der Waals surface area contributed by atoms with Crippen LogP contribution in [0.5, 0.6) is 0 Å². The zero-order valence-electron chi connectivity index (χ0n) is 10.9. The average Bonchev–Trinajstić information content (AvgIpc) is 2.39. The lowest BCUT2D eigenvalue weighted by Crippen LogP contribution is -2.40. The Morgan fingerprint density at radius 2 is 2.00 bits per heavy atom. The second-order valence-electron chi connectivity index (χ2n) is 4.98. The molecule has 0 N–H and O–H groups in total. The van der Waals surface area contributed by atoms with Crippen LogP contribution in [0, 0.1) is 5.82 Å². The van der Waals surface area contributed by atoms with E-state index in [9.17, 15) is 17.6 Å². The summed E-state index contributed by atoms with van der Waals surface area (Å²) in [6.07, 6.45) is -0.668. The van der Waals surface area contributed by atoms with Gasteiger partial charge in [0, 0.05) is 17.9 Å². The lowest BCUT2D eigenvalue weighted by molar-refractivity contribution is -0.137. The number of piperidine rings is 1. The summed E-state index contributed by atoms with van der Waals surface area (Å²) in [7, 11) is 0. The van der Waals surface area contributed by atoms with Crippen LogP contribution in [0.3, 0.4) is 0 Å². The average molecular weight is 354 g/mol. The van der Waals surface area contributed by atoms with Crippen molar-refractivity contribution in [2.24, 2.45) is 0 Å². The van der Waals surface area contributed by atoms with Crippen molar-refractivity contribution in [2.75, 3.05) is 16.8 Å². The van der Waals surface area contributed by atoms with Gasteiger partial charge in [0.1, 0.15) is 5.82 Å². The molecule has 0 spiro atoms. The highest BCUT2D eigenvalue weighted by Crippen LogP contribution is 2.34. The maximum atomic E-state index is 14.0. The monoisotopic (exact) mass is 353 g/mol. The van der Waals surface area contributed by atoms with E-state index in [2.05, 4.69) is 15.9 Å². The highest BCUT2D eigenvalue weighted by Gasteiger charge is 2.32. The molecular weight excluding hydrogens is 338 g/mol. The summed E-state index contributed by atoms with van der Waals surface area (Å²) in [4.78, 5) is 1.90. The van der Waals surface area contributed by atoms with Gasteiger partial charge in [-0.1, -0.05) is 15.9 Å². The van der Waals surface area contributed by atoms with E-state index in [1.807, 2.05) is 4.90 Å². The Kier molecular flexibility index (Phi) is 4.94. The Morgan fingerprint density at radius 3 is 2.60 bits per heavy atom. The molecule has 1 unspecified atom stereocenters. The number of hydrogen-bond donors (Lipinski definition) is 0. The molecule has 0 aromatic heterocycles. The van der Waals surface area contributed by atoms with Crippen molar-refractivity contribution in [1.82, 2.24) is 0 Å². The first-order chi connectivity index (χ1) is 9.43. The van der Waals surface area contributed by atoms with Crippen molar-refractivity contribution in [1.29, 1.82) is 0 Å². The first kappa shape index (κ1) is 15.6. The predicted molar refractivity (Wildman–Crippen MR) is 74.8 cm³/mol. The van der Waals surface area contributed by atoms with Crippen LogP contribution in [0.4, 0.5) is 23.2 Å². The fourth-order valence-corrected chi connectivity index (χ4v) is 3.19. The SMILES string of the molecule is Fc1cc(C(F)(F)F)ccc1N1CCCCC1CCBr. The van der Waals surface area contributed by atoms with Crippen LogP contribution in [-0.4, -0.2) is 17.9 Å². The van der Waals surface area contributed by atoms with Gasteiger partial charge < -0.3 is 4.90 Å². The number of alkyl halides is 4. The number of anilines is 1. The van der Waals surface area contributed by atoms with Gasteiger partial charge in [-0.05, 0) is 43.9 Å². The molecule has 1 aliphatic heterocycles. The zero-order valence-corrected chi connectivity index (χ0v) is 12.5. The summed E-state index contributed by atoms with van der Waals surface area (Å²) < 4.78 is 51.7. The van der Waals surface area contributed by atoms with Crippen LogP contribution in [0.25, 0.3) is 0 Å². The van der Waals surface area contributed by atoms with E-state index in [1.54, 1.807) is 0 Å². The first-order valence-corrected chi connectivity index (χ1v) is 7.75. The third-order valence-corrected chi connectivity index (χ3v) is 4.11. The maximum Gasteiger partial charge on any atom is 0.416 e. The molecule has 0 amide bonds. The lowest BCUT2D eigenvalue weighted by Gasteiger charge is -2.37. The van der Waals surface area contributed by atoms with Gasteiger partial charge in [-0.3, -0.25) is 0 Å². The molecule has 6 heteroatoms. The van der Waals surface area contributed by atoms with Crippen LogP contribution < -0.4 is 4.90 Å². The second-order valence-corrected chi connectivity index (χ2v) is 5.78. The lowest BCUT2D eigenvalue weighted by atomic mass is 9.98. The summed E-state index contributed by atoms with van der Waals surface area (Å²) in [6, 6.07) is 2.99. The van der Waals surface area contributed by atoms with Crippen molar-refractivity contribution in [3.05, 3.63) is 29.6 Å². The Balaban J connectivity index is 2.27. The molecule has 2 rings (SSSR count). The van der Waals surface area contributed by atoms with E-state index in [0.717, 1.165) is 37.1 Å². The fraction of sp³-hybridized carbons (Fsp3) is 0.571. The summed E-state index contributed by atoms with van der Waals surface area (Å²) in [6.45, 7) is 0.694. The standard InChI is InChI=1S/C14H16BrF4N/c15-7-6-11-3-1-2-8-20(11)13-5-4-10(9-12(13)16)14(17,18)19/h4-5,9,11H,1-3,6-8H2. The van der Waals surface area contributed by atoms with Crippen molar-refractivity contribution in [2.45, 2.75) is 37.9 Å². The molecular formula is C14H16BrF4N. The van der Waals surface area contributed by atoms with Gasteiger partial charge in [0.05, 0.1) is 11.3 Å². The van der Waals surface area contributed by atoms with Gasteiger partial charge in [0.15, 0.2) is 0 Å². The van der Waals surface area contributed by atoms with Crippen LogP contribution in [0.2, 0.25) is 0 Å². The van der Waals surface area contributed by atoms with Crippen LogP contribution in [0.15, 0.2) is 18.2 Å². The van der Waals surface area contributed by atoms with Crippen molar-refractivity contribution < 1.29 is 17.6 Å². The molecule has 1 saturated heterocycles. The van der Waals surface area contributed by atoms with Crippen molar-refractivity contribution in [3.8, 4) is 0 Å². The minimum atomic E-state index is -4.50. The number of benzene rings is 1. The van der Waals surface area contributed by atoms with E-state index in [-0.39, 0.29) is 11.7 Å². The van der Waals surface area contributed by atoms with Gasteiger partial charge >= 0.3 is 6.18 Å². The molecule has 0 aliphatic carbocycles. The molecule has 1 aromatic carbocycles. The highest BCUT2D eigenvalue weighted by molar-refractivity contribution is 9.09. The molecule has 0 bridgehead atoms. The minimum Gasteiger partial charge on any atom is -0.366 e. The maximum absolute atomic E-state index is 14.0. The van der Waals surface area contributed by atoms with E-state index in [1.165, 1.54) is 6.07 Å². The molecule has 20 heavy (non-hydrogen) atoms. The Hall–Kier alpha value is -0.780. The Bertz CT molecular complexity index is 459. The van der Waals surface area contributed by atoms with E-state index in [0.29, 0.717) is 12.6 Å². The molecule has 1 fully saturated rings. The molecule has 1 heterocycles. The largest absolute Gasteiger partial charge is 0.416 e. The number of rotatable bonds is 3. The molecule has 1 aromatic rings. The topological polar surface area (TPSA) is 3.24 Å². The van der Waals surface area contributed by atoms with Gasteiger partial charge in [-0.2, -0.15) is 13.2 Å². The summed E-state index contributed by atoms with van der Waals surface area (Å²) in [5.74, 6) is -0.790. The first-order valence-electron chi connectivity index (χ1n) is 6.63. The van der Waals surface area contributed by atoms with Gasteiger partial charge in [-0.15, -0.1) is 0 Å². The smallest absolute Gasteiger partial charge is 0.366 e. The third kappa shape index (κ3) is 3.45. The molecule has 112 valence electrons. The van der Waals surface area contributed by atoms with Gasteiger partial charge in [-0.25, -0.2) is 4.39 Å². The van der Waals surface area contributed by atoms with Gasteiger partial charge in [0.25, 0.3) is 0 Å². The molecule has 1 atom stereocenters. The van der Waals surface area contributed by atoms with E-state index in [4.69, 9.17) is 0 Å². The molecule has 0 saturated carbocycles. The number of nitrogens with zero attached hydrogens (tertiary/aromatic N) is 1. The van der Waals surface area contributed by atoms with Crippen LogP contribution in [0.1, 0.15) is 31.2 Å². The minimum absolute atomic E-state index is 0.189. The van der Waals surface area contributed by atoms with Crippen LogP contribution >= 0.6 is 15.9 Å². The molecule has 1 aliphatic rings. The van der Waals surface area contributed by atoms with Crippen LogP contribution in [-0.2, 0) is 6.18 Å². The number of hydrogen-bond acceptors (Lipinski definition) is 1.